The molecular weight excluding hydrogens is 193 g/mol. The fourth-order valence-corrected chi connectivity index (χ4v) is 0.398. The molecular formula is C3H5NO7P+. The summed E-state index contributed by atoms with van der Waals surface area (Å²) in [5, 5.41) is 14.3. The van der Waals surface area contributed by atoms with Gasteiger partial charge >= 0.3 is 25.5 Å². The molecule has 0 saturated carbocycles. The molecule has 0 saturated heterocycles. The molecule has 0 spiro atoms. The van der Waals surface area contributed by atoms with Gasteiger partial charge in [-0.1, -0.05) is 0 Å². The molecule has 5 N–H and O–H groups in total. The summed E-state index contributed by atoms with van der Waals surface area (Å²) in [4.78, 5) is 44.6. The largest absolute Gasteiger partial charge is 0.501 e. The van der Waals surface area contributed by atoms with Crippen molar-refractivity contribution in [3.8, 4) is 0 Å². The highest BCUT2D eigenvalue weighted by Crippen LogP contribution is 2.45. The van der Waals surface area contributed by atoms with Crippen LogP contribution in [0.4, 0.5) is 0 Å². The maximum Gasteiger partial charge on any atom is 0.501 e. The van der Waals surface area contributed by atoms with Crippen molar-refractivity contribution in [1.82, 2.24) is 0 Å². The summed E-state index contributed by atoms with van der Waals surface area (Å²) in [6.07, 6.45) is 0. The first-order valence-electron chi connectivity index (χ1n) is 2.36. The first-order valence-corrected chi connectivity index (χ1v) is 4.01. The number of hydrogen-bond donors (Lipinski definition) is 5. The van der Waals surface area contributed by atoms with Crippen molar-refractivity contribution in [3.63, 3.8) is 0 Å². The van der Waals surface area contributed by atoms with Gasteiger partial charge in [-0.3, -0.25) is 0 Å². The second-order valence-corrected chi connectivity index (χ2v) is 3.11. The van der Waals surface area contributed by atoms with Crippen LogP contribution >= 0.6 is 7.94 Å². The van der Waals surface area contributed by atoms with Gasteiger partial charge < -0.3 is 9.84 Å². The highest BCUT2D eigenvalue weighted by Gasteiger charge is 2.43. The lowest BCUT2D eigenvalue weighted by Crippen LogP contribution is -2.21. The third-order valence-electron chi connectivity index (χ3n) is 0.636. The predicted octanol–water partition coefficient (Wildman–Crippen LogP) is -1.71. The molecule has 0 fully saturated rings. The number of rotatable bonds is 1. The molecule has 0 atom stereocenters. The predicted molar refractivity (Wildman–Crippen MR) is 35.0 cm³/mol. The van der Waals surface area contributed by atoms with Crippen LogP contribution < -0.4 is 0 Å². The Bertz CT molecular complexity index is 229. The second-order valence-electron chi connectivity index (χ2n) is 1.57. The van der Waals surface area contributed by atoms with Gasteiger partial charge in [0.1, 0.15) is 0 Å². The van der Waals surface area contributed by atoms with Gasteiger partial charge in [-0.2, -0.15) is 14.7 Å². The molecule has 12 heavy (non-hydrogen) atoms. The van der Waals surface area contributed by atoms with E-state index in [4.69, 9.17) is 25.2 Å². The standard InChI is InChI=1S/C3H4NO7P/c4-3(12(8,9)10)11-2(7)1(5)6/h4,8-10H/p+1. The van der Waals surface area contributed by atoms with Gasteiger partial charge in [-0.05, 0) is 0 Å². The number of ether oxygens (including phenoxy) is 1. The van der Waals surface area contributed by atoms with E-state index in [1.54, 1.807) is 0 Å². The van der Waals surface area contributed by atoms with Crippen LogP contribution in [0, 0.1) is 5.41 Å². The SMILES string of the molecule is N=C(OC(=O)C(=O)O)[P+](O)(O)O. The van der Waals surface area contributed by atoms with Crippen LogP contribution in [0.15, 0.2) is 0 Å². The summed E-state index contributed by atoms with van der Waals surface area (Å²) in [6, 6.07) is 0. The van der Waals surface area contributed by atoms with Gasteiger partial charge in [0.15, 0.2) is 0 Å². The molecule has 0 amide bonds. The number of aliphatic carboxylic acids is 1. The van der Waals surface area contributed by atoms with Crippen LogP contribution in [-0.2, 0) is 14.3 Å². The van der Waals surface area contributed by atoms with Crippen molar-refractivity contribution < 1.29 is 34.1 Å². The molecule has 0 aliphatic heterocycles. The minimum absolute atomic E-state index is 1.57. The second kappa shape index (κ2) is 3.55. The van der Waals surface area contributed by atoms with E-state index in [2.05, 4.69) is 4.74 Å². The van der Waals surface area contributed by atoms with Crippen molar-refractivity contribution in [3.05, 3.63) is 0 Å². The Morgan fingerprint density at radius 2 is 1.67 bits per heavy atom. The fourth-order valence-electron chi connectivity index (χ4n) is 0.193. The molecule has 0 radical (unpaired) electrons. The lowest BCUT2D eigenvalue weighted by atomic mass is 10.7. The van der Waals surface area contributed by atoms with Crippen LogP contribution in [0.2, 0.25) is 0 Å². The number of nitrogens with one attached hydrogen (secondary N) is 1. The van der Waals surface area contributed by atoms with Gasteiger partial charge in [0.25, 0.3) is 0 Å². The Balaban J connectivity index is 4.21. The Morgan fingerprint density at radius 3 is 1.92 bits per heavy atom. The van der Waals surface area contributed by atoms with E-state index in [0.717, 1.165) is 0 Å². The minimum Gasteiger partial charge on any atom is -0.473 e. The van der Waals surface area contributed by atoms with Crippen LogP contribution in [0.1, 0.15) is 0 Å². The van der Waals surface area contributed by atoms with E-state index < -0.39 is 25.5 Å². The van der Waals surface area contributed by atoms with E-state index in [0.29, 0.717) is 0 Å². The van der Waals surface area contributed by atoms with E-state index in [-0.39, 0.29) is 0 Å². The van der Waals surface area contributed by atoms with Crippen molar-refractivity contribution in [2.75, 3.05) is 0 Å². The number of hydrogen-bond acceptors (Lipinski definition) is 7. The maximum absolute atomic E-state index is 10.1. The first-order chi connectivity index (χ1) is 5.25. The zero-order valence-electron chi connectivity index (χ0n) is 5.46. The molecule has 0 aliphatic carbocycles. The molecule has 0 rings (SSSR count). The first kappa shape index (κ1) is 10.9. The zero-order valence-corrected chi connectivity index (χ0v) is 6.36. The van der Waals surface area contributed by atoms with Crippen LogP contribution in [0.3, 0.4) is 0 Å². The van der Waals surface area contributed by atoms with Crippen LogP contribution in [0.25, 0.3) is 0 Å². The zero-order chi connectivity index (χ0) is 9.94. The number of carbonyl (C=O) groups excluding carboxylic acids is 1. The lowest BCUT2D eigenvalue weighted by Gasteiger charge is -2.01. The Kier molecular flexibility index (Phi) is 3.23. The number of carbonyl (C=O) groups is 2. The number of carboxylic acids is 1. The van der Waals surface area contributed by atoms with Gasteiger partial charge in [-0.15, -0.1) is 0 Å². The van der Waals surface area contributed by atoms with E-state index in [1.165, 1.54) is 0 Å². The maximum atomic E-state index is 10.1. The van der Waals surface area contributed by atoms with Crippen molar-refractivity contribution in [2.45, 2.75) is 0 Å². The van der Waals surface area contributed by atoms with Crippen LogP contribution in [0.5, 0.6) is 0 Å². The third-order valence-corrected chi connectivity index (χ3v) is 1.27. The minimum atomic E-state index is -4.72. The molecule has 0 heterocycles. The fraction of sp³-hybridized carbons (Fsp3) is 0. The van der Waals surface area contributed by atoms with Crippen LogP contribution in [-0.4, -0.2) is 37.4 Å². The highest BCUT2D eigenvalue weighted by atomic mass is 31.2. The van der Waals surface area contributed by atoms with Crippen molar-refractivity contribution >= 4 is 25.5 Å². The number of esters is 1. The quantitative estimate of drug-likeness (QED) is 0.111. The average Bonchev–Trinajstić information content (AvgIpc) is 1.85. The molecule has 9 heteroatoms. The summed E-state index contributed by atoms with van der Waals surface area (Å²) in [5.74, 6) is -3.88. The summed E-state index contributed by atoms with van der Waals surface area (Å²) in [6.45, 7) is 0. The molecule has 0 aromatic heterocycles. The van der Waals surface area contributed by atoms with Crippen molar-refractivity contribution in [2.24, 2.45) is 0 Å². The van der Waals surface area contributed by atoms with Crippen molar-refractivity contribution in [1.29, 1.82) is 5.41 Å². The molecule has 8 nitrogen and oxygen atoms in total. The van der Waals surface area contributed by atoms with Gasteiger partial charge in [-0.25, -0.2) is 15.0 Å². The van der Waals surface area contributed by atoms with Gasteiger partial charge in [0, 0.05) is 0 Å². The van der Waals surface area contributed by atoms with E-state index >= 15 is 0 Å². The molecule has 0 aliphatic rings. The smallest absolute Gasteiger partial charge is 0.473 e. The van der Waals surface area contributed by atoms with E-state index in [1.807, 2.05) is 0 Å². The van der Waals surface area contributed by atoms with Gasteiger partial charge in [0.2, 0.25) is 0 Å². The summed E-state index contributed by atoms with van der Waals surface area (Å²) in [7, 11) is -4.72. The van der Waals surface area contributed by atoms with E-state index in [9.17, 15) is 9.59 Å². The summed E-state index contributed by atoms with van der Waals surface area (Å²) in [5.41, 5.74) is -1.57. The topological polar surface area (TPSA) is 148 Å². The summed E-state index contributed by atoms with van der Waals surface area (Å²) < 4.78 is 3.52. The molecule has 0 unspecified atom stereocenters. The summed E-state index contributed by atoms with van der Waals surface area (Å²) >= 11 is 0. The Hall–Kier alpha value is -1.08. The average molecular weight is 198 g/mol. The number of carboxylic acid groups (broad SMARTS) is 1. The third kappa shape index (κ3) is 3.35. The molecule has 0 aromatic carbocycles. The highest BCUT2D eigenvalue weighted by molar-refractivity contribution is 7.75. The molecule has 0 aromatic rings. The van der Waals surface area contributed by atoms with Gasteiger partial charge in [0.05, 0.1) is 0 Å². The Labute approximate surface area is 66.1 Å². The lowest BCUT2D eigenvalue weighted by molar-refractivity contribution is -0.158. The molecule has 68 valence electrons. The normalized spacial score (nSPS) is 10.6. The monoisotopic (exact) mass is 198 g/mol. The molecule has 0 bridgehead atoms. The Morgan fingerprint density at radius 1 is 1.25 bits per heavy atom.